The van der Waals surface area contributed by atoms with Gasteiger partial charge in [0.05, 0.1) is 6.54 Å². The molecule has 2 atom stereocenters. The van der Waals surface area contributed by atoms with Crippen molar-refractivity contribution in [3.63, 3.8) is 0 Å². The van der Waals surface area contributed by atoms with Gasteiger partial charge < -0.3 is 5.32 Å². The minimum Gasteiger partial charge on any atom is -0.311 e. The summed E-state index contributed by atoms with van der Waals surface area (Å²) in [6.07, 6.45) is -2.92. The molecular formula is C15H20F4N2. The largest absolute Gasteiger partial charge is 0.319 e. The fraction of sp³-hybridized carbons (Fsp3) is 0.600. The van der Waals surface area contributed by atoms with Crippen LogP contribution in [0, 0.1) is 0 Å². The first-order chi connectivity index (χ1) is 9.88. The Morgan fingerprint density at radius 2 is 1.95 bits per heavy atom. The summed E-state index contributed by atoms with van der Waals surface area (Å²) in [5.74, 6) is -3.96. The molecule has 2 rings (SSSR count). The fourth-order valence-electron chi connectivity index (χ4n) is 2.59. The van der Waals surface area contributed by atoms with E-state index in [9.17, 15) is 17.6 Å². The van der Waals surface area contributed by atoms with Crippen LogP contribution < -0.4 is 5.32 Å². The Kier molecular flexibility index (Phi) is 5.22. The highest BCUT2D eigenvalue weighted by molar-refractivity contribution is 5.16. The van der Waals surface area contributed by atoms with Crippen molar-refractivity contribution in [2.45, 2.75) is 37.8 Å². The van der Waals surface area contributed by atoms with E-state index in [1.807, 2.05) is 30.3 Å². The molecule has 1 aliphatic heterocycles. The molecule has 118 valence electrons. The van der Waals surface area contributed by atoms with Crippen LogP contribution in [0.25, 0.3) is 0 Å². The van der Waals surface area contributed by atoms with Crippen molar-refractivity contribution >= 4 is 0 Å². The maximum absolute atomic E-state index is 13.2. The SMILES string of the molecule is CC1CNC(Cc2ccccc2)CN1CC(F)(F)C(F)F. The molecule has 2 unspecified atom stereocenters. The summed E-state index contributed by atoms with van der Waals surface area (Å²) in [4.78, 5) is 1.45. The van der Waals surface area contributed by atoms with Gasteiger partial charge in [-0.15, -0.1) is 0 Å². The third-order valence-corrected chi connectivity index (χ3v) is 3.84. The molecule has 6 heteroatoms. The Morgan fingerprint density at radius 1 is 1.29 bits per heavy atom. The van der Waals surface area contributed by atoms with Crippen LogP contribution in [0.3, 0.4) is 0 Å². The van der Waals surface area contributed by atoms with Crippen LogP contribution in [-0.4, -0.2) is 49.0 Å². The second kappa shape index (κ2) is 6.75. The molecule has 1 heterocycles. The minimum absolute atomic E-state index is 0.00271. The number of alkyl halides is 4. The van der Waals surface area contributed by atoms with Gasteiger partial charge in [-0.3, -0.25) is 4.90 Å². The van der Waals surface area contributed by atoms with Crippen LogP contribution in [0.4, 0.5) is 17.6 Å². The van der Waals surface area contributed by atoms with Crippen molar-refractivity contribution in [2.24, 2.45) is 0 Å². The van der Waals surface area contributed by atoms with E-state index in [1.54, 1.807) is 6.92 Å². The lowest BCUT2D eigenvalue weighted by Crippen LogP contribution is -2.59. The molecule has 0 radical (unpaired) electrons. The lowest BCUT2D eigenvalue weighted by molar-refractivity contribution is -0.148. The highest BCUT2D eigenvalue weighted by Gasteiger charge is 2.44. The van der Waals surface area contributed by atoms with Crippen molar-refractivity contribution < 1.29 is 17.6 Å². The second-order valence-corrected chi connectivity index (χ2v) is 5.64. The molecule has 0 aliphatic carbocycles. The van der Waals surface area contributed by atoms with E-state index in [4.69, 9.17) is 0 Å². The monoisotopic (exact) mass is 304 g/mol. The lowest BCUT2D eigenvalue weighted by Gasteiger charge is -2.40. The molecule has 1 fully saturated rings. The van der Waals surface area contributed by atoms with Crippen LogP contribution in [0.15, 0.2) is 30.3 Å². The van der Waals surface area contributed by atoms with Crippen molar-refractivity contribution in [2.75, 3.05) is 19.6 Å². The van der Waals surface area contributed by atoms with E-state index in [-0.39, 0.29) is 12.1 Å². The van der Waals surface area contributed by atoms with Gasteiger partial charge in [0.2, 0.25) is 0 Å². The standard InChI is InChI=1S/C15H20F4N2/c1-11-8-20-13(7-12-5-3-2-4-6-12)9-21(11)10-15(18,19)14(16)17/h2-6,11,13-14,20H,7-10H2,1H3. The van der Waals surface area contributed by atoms with E-state index in [0.717, 1.165) is 5.56 Å². The first kappa shape index (κ1) is 16.2. The number of benzene rings is 1. The maximum Gasteiger partial charge on any atom is 0.319 e. The minimum atomic E-state index is -3.96. The van der Waals surface area contributed by atoms with Crippen molar-refractivity contribution in [3.05, 3.63) is 35.9 Å². The molecule has 0 aromatic heterocycles. The molecule has 1 N–H and O–H groups in total. The summed E-state index contributed by atoms with van der Waals surface area (Å²) in [6.45, 7) is 1.75. The number of nitrogens with one attached hydrogen (secondary N) is 1. The quantitative estimate of drug-likeness (QED) is 0.842. The molecule has 1 aliphatic rings. The Hall–Kier alpha value is -1.14. The van der Waals surface area contributed by atoms with E-state index < -0.39 is 18.9 Å². The summed E-state index contributed by atoms with van der Waals surface area (Å²) in [7, 11) is 0. The van der Waals surface area contributed by atoms with E-state index in [2.05, 4.69) is 5.32 Å². The predicted molar refractivity (Wildman–Crippen MR) is 73.9 cm³/mol. The number of hydrogen-bond donors (Lipinski definition) is 1. The number of rotatable bonds is 5. The van der Waals surface area contributed by atoms with E-state index >= 15 is 0 Å². The van der Waals surface area contributed by atoms with E-state index in [1.165, 1.54) is 4.90 Å². The highest BCUT2D eigenvalue weighted by Crippen LogP contribution is 2.25. The van der Waals surface area contributed by atoms with Crippen LogP contribution in [0.1, 0.15) is 12.5 Å². The van der Waals surface area contributed by atoms with Crippen LogP contribution in [0.2, 0.25) is 0 Å². The van der Waals surface area contributed by atoms with Gasteiger partial charge in [0.25, 0.3) is 0 Å². The zero-order chi connectivity index (χ0) is 15.5. The van der Waals surface area contributed by atoms with Crippen molar-refractivity contribution in [1.82, 2.24) is 10.2 Å². The Morgan fingerprint density at radius 3 is 2.57 bits per heavy atom. The molecule has 0 saturated carbocycles. The van der Waals surface area contributed by atoms with Gasteiger partial charge in [0.15, 0.2) is 0 Å². The maximum atomic E-state index is 13.2. The fourth-order valence-corrected chi connectivity index (χ4v) is 2.59. The zero-order valence-electron chi connectivity index (χ0n) is 11.9. The molecule has 1 saturated heterocycles. The molecule has 1 aromatic rings. The number of hydrogen-bond acceptors (Lipinski definition) is 2. The second-order valence-electron chi connectivity index (χ2n) is 5.64. The van der Waals surface area contributed by atoms with Gasteiger partial charge in [-0.05, 0) is 18.9 Å². The van der Waals surface area contributed by atoms with Crippen LogP contribution in [-0.2, 0) is 6.42 Å². The van der Waals surface area contributed by atoms with Gasteiger partial charge in [0, 0.05) is 25.2 Å². The van der Waals surface area contributed by atoms with Gasteiger partial charge in [-0.1, -0.05) is 30.3 Å². The first-order valence-electron chi connectivity index (χ1n) is 7.06. The summed E-state index contributed by atoms with van der Waals surface area (Å²) in [6, 6.07) is 9.51. The Bertz CT molecular complexity index is 439. The smallest absolute Gasteiger partial charge is 0.311 e. The number of halogens is 4. The van der Waals surface area contributed by atoms with Gasteiger partial charge in [-0.2, -0.15) is 8.78 Å². The van der Waals surface area contributed by atoms with Gasteiger partial charge >= 0.3 is 12.3 Å². The van der Waals surface area contributed by atoms with Gasteiger partial charge in [0.1, 0.15) is 0 Å². The molecule has 0 amide bonds. The Labute approximate surface area is 122 Å². The average molecular weight is 304 g/mol. The van der Waals surface area contributed by atoms with Crippen molar-refractivity contribution in [1.29, 1.82) is 0 Å². The molecule has 2 nitrogen and oxygen atoms in total. The third kappa shape index (κ3) is 4.41. The van der Waals surface area contributed by atoms with E-state index in [0.29, 0.717) is 19.5 Å². The molecule has 1 aromatic carbocycles. The average Bonchev–Trinajstić information content (AvgIpc) is 2.43. The summed E-state index contributed by atoms with van der Waals surface area (Å²) < 4.78 is 51.2. The number of nitrogens with zero attached hydrogens (tertiary/aromatic N) is 1. The molecule has 0 spiro atoms. The summed E-state index contributed by atoms with van der Waals surface area (Å²) in [5.41, 5.74) is 1.10. The van der Waals surface area contributed by atoms with Gasteiger partial charge in [-0.25, -0.2) is 8.78 Å². The van der Waals surface area contributed by atoms with Crippen molar-refractivity contribution in [3.8, 4) is 0 Å². The third-order valence-electron chi connectivity index (χ3n) is 3.84. The molecule has 0 bridgehead atoms. The zero-order valence-corrected chi connectivity index (χ0v) is 11.9. The lowest BCUT2D eigenvalue weighted by atomic mass is 10.0. The van der Waals surface area contributed by atoms with Crippen LogP contribution in [0.5, 0.6) is 0 Å². The molecular weight excluding hydrogens is 284 g/mol. The number of piperazine rings is 1. The summed E-state index contributed by atoms with van der Waals surface area (Å²) in [5, 5.41) is 3.29. The Balaban J connectivity index is 1.96. The topological polar surface area (TPSA) is 15.3 Å². The summed E-state index contributed by atoms with van der Waals surface area (Å²) >= 11 is 0. The van der Waals surface area contributed by atoms with Crippen LogP contribution >= 0.6 is 0 Å². The molecule has 21 heavy (non-hydrogen) atoms. The first-order valence-corrected chi connectivity index (χ1v) is 7.06. The normalized spacial score (nSPS) is 24.5. The predicted octanol–water partition coefficient (Wildman–Crippen LogP) is 2.79. The highest BCUT2D eigenvalue weighted by atomic mass is 19.3.